The summed E-state index contributed by atoms with van der Waals surface area (Å²) in [5.41, 5.74) is 1.97. The zero-order chi connectivity index (χ0) is 18.1. The fraction of sp³-hybridized carbons (Fsp3) is 0.0556. The van der Waals surface area contributed by atoms with E-state index in [9.17, 15) is 19.2 Å². The Bertz CT molecular complexity index is 942. The molecule has 0 aromatic heterocycles. The average Bonchev–Trinajstić information content (AvgIpc) is 3.15. The molecule has 0 spiro atoms. The predicted molar refractivity (Wildman–Crippen MR) is 82.3 cm³/mol. The Morgan fingerprint density at radius 3 is 2.12 bits per heavy atom. The normalized spacial score (nSPS) is 14.0. The largest absolute Gasteiger partial charge is 0.457 e. The Balaban J connectivity index is 0.000000880. The molecule has 0 saturated carbocycles. The van der Waals surface area contributed by atoms with Crippen molar-refractivity contribution in [3.8, 4) is 0 Å². The van der Waals surface area contributed by atoms with Gasteiger partial charge in [-0.25, -0.2) is 14.4 Å². The standard InChI is InChI=1S/C17H8O6.CH2O/c18-14(8-1-3-11-10(5-8)7-22-15(11)19)9-2-4-12-13(6-9)17(21)23-16(12)20;1-2/h1-6H,7H2;1H2. The van der Waals surface area contributed by atoms with Crippen molar-refractivity contribution in [2.45, 2.75) is 6.61 Å². The molecule has 7 nitrogen and oxygen atoms in total. The Morgan fingerprint density at radius 2 is 1.40 bits per heavy atom. The minimum atomic E-state index is -0.757. The highest BCUT2D eigenvalue weighted by Crippen LogP contribution is 2.25. The van der Waals surface area contributed by atoms with Crippen LogP contribution in [0.3, 0.4) is 0 Å². The van der Waals surface area contributed by atoms with Gasteiger partial charge in [-0.05, 0) is 24.3 Å². The molecule has 4 rings (SSSR count). The molecule has 0 unspecified atom stereocenters. The van der Waals surface area contributed by atoms with E-state index in [4.69, 9.17) is 9.53 Å². The van der Waals surface area contributed by atoms with Gasteiger partial charge in [0.05, 0.1) is 16.7 Å². The van der Waals surface area contributed by atoms with Crippen LogP contribution in [0.1, 0.15) is 52.6 Å². The number of ketones is 1. The van der Waals surface area contributed by atoms with Gasteiger partial charge >= 0.3 is 17.9 Å². The molecule has 0 amide bonds. The molecule has 0 fully saturated rings. The van der Waals surface area contributed by atoms with Gasteiger partial charge < -0.3 is 14.3 Å². The van der Waals surface area contributed by atoms with Gasteiger partial charge in [0.1, 0.15) is 13.4 Å². The highest BCUT2D eigenvalue weighted by molar-refractivity contribution is 6.17. The van der Waals surface area contributed by atoms with Crippen molar-refractivity contribution in [3.05, 3.63) is 69.8 Å². The predicted octanol–water partition coefficient (Wildman–Crippen LogP) is 1.71. The van der Waals surface area contributed by atoms with Crippen molar-refractivity contribution in [1.82, 2.24) is 0 Å². The van der Waals surface area contributed by atoms with Crippen LogP contribution in [0.2, 0.25) is 0 Å². The number of esters is 3. The van der Waals surface area contributed by atoms with Crippen LogP contribution < -0.4 is 0 Å². The second kappa shape index (κ2) is 6.12. The van der Waals surface area contributed by atoms with E-state index in [1.807, 2.05) is 6.79 Å². The summed E-state index contributed by atoms with van der Waals surface area (Å²) in [6.07, 6.45) is 0. The summed E-state index contributed by atoms with van der Waals surface area (Å²) in [6, 6.07) is 8.89. The zero-order valence-corrected chi connectivity index (χ0v) is 12.7. The van der Waals surface area contributed by atoms with Crippen LogP contribution in [-0.2, 0) is 20.9 Å². The molecule has 124 valence electrons. The summed E-state index contributed by atoms with van der Waals surface area (Å²) >= 11 is 0. The monoisotopic (exact) mass is 338 g/mol. The quantitative estimate of drug-likeness (QED) is 0.466. The Hall–Kier alpha value is -3.61. The molecule has 2 aliphatic rings. The smallest absolute Gasteiger partial charge is 0.346 e. The molecule has 25 heavy (non-hydrogen) atoms. The first-order chi connectivity index (χ1) is 12.0. The highest BCUT2D eigenvalue weighted by atomic mass is 16.6. The van der Waals surface area contributed by atoms with Gasteiger partial charge in [-0.1, -0.05) is 12.1 Å². The van der Waals surface area contributed by atoms with E-state index in [1.54, 1.807) is 12.1 Å². The first kappa shape index (κ1) is 16.3. The fourth-order valence-electron chi connectivity index (χ4n) is 2.67. The lowest BCUT2D eigenvalue weighted by Crippen LogP contribution is -2.05. The molecule has 2 aliphatic heterocycles. The Kier molecular flexibility index (Phi) is 3.98. The third-order valence-electron chi connectivity index (χ3n) is 3.85. The molecule has 0 bridgehead atoms. The number of carbonyl (C=O) groups is 5. The number of carbonyl (C=O) groups excluding carboxylic acids is 5. The van der Waals surface area contributed by atoms with Gasteiger partial charge in [0.25, 0.3) is 0 Å². The first-order valence-corrected chi connectivity index (χ1v) is 7.09. The summed E-state index contributed by atoms with van der Waals surface area (Å²) < 4.78 is 9.40. The minimum absolute atomic E-state index is 0.0838. The third kappa shape index (κ3) is 2.61. The number of rotatable bonds is 2. The molecule has 0 saturated heterocycles. The highest BCUT2D eigenvalue weighted by Gasteiger charge is 2.30. The molecule has 0 N–H and O–H groups in total. The lowest BCUT2D eigenvalue weighted by Gasteiger charge is -2.04. The second-order valence-electron chi connectivity index (χ2n) is 5.21. The Morgan fingerprint density at radius 1 is 0.800 bits per heavy atom. The van der Waals surface area contributed by atoms with E-state index >= 15 is 0 Å². The van der Waals surface area contributed by atoms with Crippen molar-refractivity contribution in [2.24, 2.45) is 0 Å². The molecule has 2 heterocycles. The van der Waals surface area contributed by atoms with Crippen LogP contribution in [0.15, 0.2) is 36.4 Å². The molecule has 0 radical (unpaired) electrons. The molecule has 2 aromatic rings. The van der Waals surface area contributed by atoms with E-state index in [0.29, 0.717) is 16.7 Å². The zero-order valence-electron chi connectivity index (χ0n) is 12.7. The van der Waals surface area contributed by atoms with E-state index in [0.717, 1.165) is 0 Å². The molecule has 7 heteroatoms. The SMILES string of the molecule is C=O.O=C(c1ccc2c(c1)COC2=O)c1ccc2c(c1)C(=O)OC2=O. The van der Waals surface area contributed by atoms with Gasteiger partial charge in [0.2, 0.25) is 0 Å². The average molecular weight is 338 g/mol. The van der Waals surface area contributed by atoms with Crippen LogP contribution in [0.4, 0.5) is 0 Å². The molecule has 0 atom stereocenters. The molecule has 2 aromatic carbocycles. The molecular weight excluding hydrogens is 328 g/mol. The Labute approximate surface area is 141 Å². The van der Waals surface area contributed by atoms with Gasteiger partial charge in [0, 0.05) is 16.7 Å². The fourth-order valence-corrected chi connectivity index (χ4v) is 2.67. The summed E-state index contributed by atoms with van der Waals surface area (Å²) in [5.74, 6) is -2.19. The second-order valence-corrected chi connectivity index (χ2v) is 5.21. The first-order valence-electron chi connectivity index (χ1n) is 7.09. The molecular formula is C18H10O7. The van der Waals surface area contributed by atoms with Crippen LogP contribution in [0.25, 0.3) is 0 Å². The lowest BCUT2D eigenvalue weighted by molar-refractivity contribution is -0.0980. The van der Waals surface area contributed by atoms with Gasteiger partial charge in [-0.15, -0.1) is 0 Å². The summed E-state index contributed by atoms with van der Waals surface area (Å²) in [4.78, 5) is 55.0. The maximum atomic E-state index is 12.6. The van der Waals surface area contributed by atoms with E-state index in [2.05, 4.69) is 4.74 Å². The number of benzene rings is 2. The number of fused-ring (bicyclic) bond motifs is 2. The van der Waals surface area contributed by atoms with Crippen molar-refractivity contribution in [3.63, 3.8) is 0 Å². The van der Waals surface area contributed by atoms with Crippen molar-refractivity contribution in [2.75, 3.05) is 0 Å². The van der Waals surface area contributed by atoms with Crippen LogP contribution in [-0.4, -0.2) is 30.5 Å². The maximum Gasteiger partial charge on any atom is 0.346 e. The lowest BCUT2D eigenvalue weighted by atomic mass is 9.97. The van der Waals surface area contributed by atoms with E-state index in [-0.39, 0.29) is 29.1 Å². The van der Waals surface area contributed by atoms with Crippen LogP contribution in [0, 0.1) is 0 Å². The van der Waals surface area contributed by atoms with Gasteiger partial charge in [-0.2, -0.15) is 0 Å². The number of hydrogen-bond acceptors (Lipinski definition) is 7. The van der Waals surface area contributed by atoms with Crippen molar-refractivity contribution >= 4 is 30.5 Å². The van der Waals surface area contributed by atoms with Gasteiger partial charge in [-0.3, -0.25) is 4.79 Å². The summed E-state index contributed by atoms with van der Waals surface area (Å²) in [6.45, 7) is 2.14. The maximum absolute atomic E-state index is 12.6. The van der Waals surface area contributed by atoms with Crippen molar-refractivity contribution in [1.29, 1.82) is 0 Å². The van der Waals surface area contributed by atoms with E-state index < -0.39 is 17.9 Å². The number of hydrogen-bond donors (Lipinski definition) is 0. The van der Waals surface area contributed by atoms with Crippen LogP contribution >= 0.6 is 0 Å². The van der Waals surface area contributed by atoms with Gasteiger partial charge in [0.15, 0.2) is 5.78 Å². The van der Waals surface area contributed by atoms with E-state index in [1.165, 1.54) is 24.3 Å². The van der Waals surface area contributed by atoms with Crippen molar-refractivity contribution < 1.29 is 33.4 Å². The van der Waals surface area contributed by atoms with Crippen LogP contribution in [0.5, 0.6) is 0 Å². The number of ether oxygens (including phenoxy) is 2. The minimum Gasteiger partial charge on any atom is -0.457 e. The topological polar surface area (TPSA) is 104 Å². The number of cyclic esters (lactones) is 3. The summed E-state index contributed by atoms with van der Waals surface area (Å²) in [7, 11) is 0. The summed E-state index contributed by atoms with van der Waals surface area (Å²) in [5, 5.41) is 0. The molecule has 0 aliphatic carbocycles. The third-order valence-corrected chi connectivity index (χ3v) is 3.85.